The summed E-state index contributed by atoms with van der Waals surface area (Å²) in [5.41, 5.74) is 3.49. The Morgan fingerprint density at radius 2 is 2.33 bits per heavy atom. The fraction of sp³-hybridized carbons (Fsp3) is 0.182. The van der Waals surface area contributed by atoms with Crippen molar-refractivity contribution in [3.05, 3.63) is 49.9 Å². The summed E-state index contributed by atoms with van der Waals surface area (Å²) in [7, 11) is 0. The lowest BCUT2D eigenvalue weighted by Crippen LogP contribution is -2.05. The number of anilines is 1. The van der Waals surface area contributed by atoms with Gasteiger partial charge in [-0.3, -0.25) is 10.1 Å². The molecule has 1 heterocycles. The fourth-order valence-electron chi connectivity index (χ4n) is 1.45. The molecule has 0 radical (unpaired) electrons. The molecular formula is C11H10ClN3O2S. The summed E-state index contributed by atoms with van der Waals surface area (Å²) in [6.07, 6.45) is 0.789. The summed E-state index contributed by atoms with van der Waals surface area (Å²) in [6, 6.07) is 4.38. The third-order valence-corrected chi connectivity index (χ3v) is 3.29. The first kappa shape index (κ1) is 12.8. The van der Waals surface area contributed by atoms with Gasteiger partial charge in [0.2, 0.25) is 0 Å². The predicted octanol–water partition coefficient (Wildman–Crippen LogP) is 3.36. The van der Waals surface area contributed by atoms with E-state index in [2.05, 4.69) is 10.3 Å². The summed E-state index contributed by atoms with van der Waals surface area (Å²) in [6.45, 7) is 0.682. The molecule has 1 aromatic heterocycles. The van der Waals surface area contributed by atoms with Crippen LogP contribution in [0.4, 0.5) is 11.4 Å². The number of rotatable bonds is 5. The van der Waals surface area contributed by atoms with Crippen LogP contribution in [0.1, 0.15) is 5.69 Å². The number of non-ortho nitro benzene ring substituents is 1. The molecule has 2 rings (SSSR count). The van der Waals surface area contributed by atoms with Gasteiger partial charge in [0.1, 0.15) is 0 Å². The molecule has 94 valence electrons. The number of nitrogens with zero attached hydrogens (tertiary/aromatic N) is 2. The first-order valence-corrected chi connectivity index (χ1v) is 6.54. The Bertz CT molecular complexity index is 545. The first-order chi connectivity index (χ1) is 8.66. The van der Waals surface area contributed by atoms with Gasteiger partial charge in [-0.25, -0.2) is 4.98 Å². The third kappa shape index (κ3) is 3.18. The Labute approximate surface area is 113 Å². The number of nitro groups is 1. The highest BCUT2D eigenvalue weighted by Crippen LogP contribution is 2.26. The molecule has 0 bridgehead atoms. The third-order valence-electron chi connectivity index (χ3n) is 2.34. The van der Waals surface area contributed by atoms with E-state index in [0.29, 0.717) is 17.3 Å². The van der Waals surface area contributed by atoms with Gasteiger partial charge in [0.05, 0.1) is 26.8 Å². The molecule has 0 saturated carbocycles. The van der Waals surface area contributed by atoms with Crippen molar-refractivity contribution >= 4 is 34.3 Å². The van der Waals surface area contributed by atoms with E-state index in [-0.39, 0.29) is 5.69 Å². The molecule has 0 spiro atoms. The number of nitrogens with one attached hydrogen (secondary N) is 1. The molecule has 18 heavy (non-hydrogen) atoms. The van der Waals surface area contributed by atoms with Crippen LogP contribution in [0.2, 0.25) is 5.02 Å². The Morgan fingerprint density at radius 1 is 1.50 bits per heavy atom. The molecule has 0 aliphatic carbocycles. The summed E-state index contributed by atoms with van der Waals surface area (Å²) >= 11 is 7.51. The molecule has 1 aromatic carbocycles. The van der Waals surface area contributed by atoms with E-state index in [1.165, 1.54) is 12.1 Å². The Balaban J connectivity index is 1.95. The Morgan fingerprint density at radius 3 is 2.94 bits per heavy atom. The van der Waals surface area contributed by atoms with Crippen LogP contribution in [0, 0.1) is 10.1 Å². The van der Waals surface area contributed by atoms with Gasteiger partial charge in [0.25, 0.3) is 5.69 Å². The van der Waals surface area contributed by atoms with Crippen molar-refractivity contribution < 1.29 is 4.92 Å². The second kappa shape index (κ2) is 5.79. The van der Waals surface area contributed by atoms with E-state index >= 15 is 0 Å². The van der Waals surface area contributed by atoms with Gasteiger partial charge in [-0.15, -0.1) is 11.3 Å². The SMILES string of the molecule is O=[N+]([O-])c1ccc(NCCc2cscn2)c(Cl)c1. The molecule has 0 fully saturated rings. The lowest BCUT2D eigenvalue weighted by Gasteiger charge is -2.07. The van der Waals surface area contributed by atoms with Gasteiger partial charge < -0.3 is 5.32 Å². The molecule has 0 amide bonds. The van der Waals surface area contributed by atoms with Crippen LogP contribution >= 0.6 is 22.9 Å². The Hall–Kier alpha value is -1.66. The first-order valence-electron chi connectivity index (χ1n) is 5.21. The number of nitro benzene ring substituents is 1. The van der Waals surface area contributed by atoms with Crippen molar-refractivity contribution in [1.29, 1.82) is 0 Å². The minimum absolute atomic E-state index is 0.00921. The standard InChI is InChI=1S/C11H10ClN3O2S/c12-10-5-9(15(16)17)1-2-11(10)13-4-3-8-6-18-7-14-8/h1-2,5-7,13H,3-4H2. The average Bonchev–Trinajstić information content (AvgIpc) is 2.84. The number of thiazole rings is 1. The summed E-state index contributed by atoms with van der Waals surface area (Å²) < 4.78 is 0. The number of hydrogen-bond donors (Lipinski definition) is 1. The van der Waals surface area contributed by atoms with Crippen molar-refractivity contribution in [3.63, 3.8) is 0 Å². The zero-order valence-corrected chi connectivity index (χ0v) is 10.9. The molecule has 0 unspecified atom stereocenters. The summed E-state index contributed by atoms with van der Waals surface area (Å²) in [5, 5.41) is 16.0. The van der Waals surface area contributed by atoms with Crippen LogP contribution in [-0.2, 0) is 6.42 Å². The van der Waals surface area contributed by atoms with Crippen LogP contribution in [-0.4, -0.2) is 16.5 Å². The molecular weight excluding hydrogens is 274 g/mol. The quantitative estimate of drug-likeness (QED) is 0.675. The minimum atomic E-state index is -0.467. The maximum Gasteiger partial charge on any atom is 0.271 e. The maximum absolute atomic E-state index is 10.6. The van der Waals surface area contributed by atoms with E-state index in [4.69, 9.17) is 11.6 Å². The monoisotopic (exact) mass is 283 g/mol. The largest absolute Gasteiger partial charge is 0.383 e. The highest BCUT2D eigenvalue weighted by Gasteiger charge is 2.08. The molecule has 7 heteroatoms. The number of hydrogen-bond acceptors (Lipinski definition) is 5. The van der Waals surface area contributed by atoms with Crippen molar-refractivity contribution in [3.8, 4) is 0 Å². The van der Waals surface area contributed by atoms with Crippen LogP contribution in [0.25, 0.3) is 0 Å². The van der Waals surface area contributed by atoms with Crippen LogP contribution in [0.5, 0.6) is 0 Å². The van der Waals surface area contributed by atoms with Crippen molar-refractivity contribution in [2.24, 2.45) is 0 Å². The van der Waals surface area contributed by atoms with Gasteiger partial charge >= 0.3 is 0 Å². The van der Waals surface area contributed by atoms with Gasteiger partial charge in [0, 0.05) is 30.5 Å². The highest BCUT2D eigenvalue weighted by atomic mass is 35.5. The molecule has 0 aliphatic rings. The molecule has 2 aromatic rings. The zero-order valence-electron chi connectivity index (χ0n) is 9.30. The predicted molar refractivity (Wildman–Crippen MR) is 72.4 cm³/mol. The molecule has 5 nitrogen and oxygen atoms in total. The lowest BCUT2D eigenvalue weighted by molar-refractivity contribution is -0.384. The lowest BCUT2D eigenvalue weighted by atomic mass is 10.2. The zero-order chi connectivity index (χ0) is 13.0. The van der Waals surface area contributed by atoms with Crippen LogP contribution in [0.15, 0.2) is 29.1 Å². The van der Waals surface area contributed by atoms with Crippen molar-refractivity contribution in [2.75, 3.05) is 11.9 Å². The number of benzene rings is 1. The van der Waals surface area contributed by atoms with Gasteiger partial charge in [-0.2, -0.15) is 0 Å². The van der Waals surface area contributed by atoms with Crippen molar-refractivity contribution in [1.82, 2.24) is 4.98 Å². The van der Waals surface area contributed by atoms with Gasteiger partial charge in [0.15, 0.2) is 0 Å². The number of halogens is 1. The van der Waals surface area contributed by atoms with Crippen molar-refractivity contribution in [2.45, 2.75) is 6.42 Å². The normalized spacial score (nSPS) is 10.3. The second-order valence-electron chi connectivity index (χ2n) is 3.58. The summed E-state index contributed by atoms with van der Waals surface area (Å²) in [4.78, 5) is 14.2. The van der Waals surface area contributed by atoms with E-state index in [0.717, 1.165) is 12.1 Å². The fourth-order valence-corrected chi connectivity index (χ4v) is 2.28. The molecule has 0 saturated heterocycles. The molecule has 0 aliphatic heterocycles. The second-order valence-corrected chi connectivity index (χ2v) is 4.70. The van der Waals surface area contributed by atoms with E-state index in [1.807, 2.05) is 5.38 Å². The van der Waals surface area contributed by atoms with Crippen LogP contribution in [0.3, 0.4) is 0 Å². The maximum atomic E-state index is 10.6. The van der Waals surface area contributed by atoms with Gasteiger partial charge in [-0.1, -0.05) is 11.6 Å². The van der Waals surface area contributed by atoms with E-state index < -0.39 is 4.92 Å². The van der Waals surface area contributed by atoms with Crippen LogP contribution < -0.4 is 5.32 Å². The van der Waals surface area contributed by atoms with Gasteiger partial charge in [-0.05, 0) is 6.07 Å². The molecule has 1 N–H and O–H groups in total. The minimum Gasteiger partial charge on any atom is -0.383 e. The molecule has 0 atom stereocenters. The van der Waals surface area contributed by atoms with E-state index in [1.54, 1.807) is 22.9 Å². The smallest absolute Gasteiger partial charge is 0.271 e. The Kier molecular flexibility index (Phi) is 4.11. The summed E-state index contributed by atoms with van der Waals surface area (Å²) in [5.74, 6) is 0. The highest BCUT2D eigenvalue weighted by molar-refractivity contribution is 7.07. The number of aromatic nitrogens is 1. The van der Waals surface area contributed by atoms with E-state index in [9.17, 15) is 10.1 Å². The topological polar surface area (TPSA) is 68.1 Å². The average molecular weight is 284 g/mol.